The first-order chi connectivity index (χ1) is 8.19. The molecule has 17 heavy (non-hydrogen) atoms. The molecule has 0 aromatic heterocycles. The quantitative estimate of drug-likeness (QED) is 0.720. The fourth-order valence-corrected chi connectivity index (χ4v) is 1.78. The van der Waals surface area contributed by atoms with E-state index >= 15 is 0 Å². The Bertz CT molecular complexity index is 525. The molecule has 0 bridgehead atoms. The predicted molar refractivity (Wildman–Crippen MR) is 67.2 cm³/mol. The summed E-state index contributed by atoms with van der Waals surface area (Å²) in [6.45, 7) is 1.99. The van der Waals surface area contributed by atoms with Gasteiger partial charge in [-0.2, -0.15) is 0 Å². The maximum absolute atomic E-state index is 13.0. The molecule has 3 heteroatoms. The van der Waals surface area contributed by atoms with Crippen LogP contribution in [-0.4, -0.2) is 0 Å². The van der Waals surface area contributed by atoms with E-state index < -0.39 is 0 Å². The molecule has 0 aliphatic carbocycles. The molecule has 0 saturated carbocycles. The summed E-state index contributed by atoms with van der Waals surface area (Å²) in [6.07, 6.45) is 0. The van der Waals surface area contributed by atoms with Crippen molar-refractivity contribution in [3.05, 3.63) is 59.4 Å². The molecule has 0 radical (unpaired) electrons. The fourth-order valence-electron chi connectivity index (χ4n) is 1.57. The van der Waals surface area contributed by atoms with E-state index in [-0.39, 0.29) is 5.82 Å². The van der Waals surface area contributed by atoms with E-state index in [0.717, 1.165) is 11.1 Å². The van der Waals surface area contributed by atoms with Gasteiger partial charge in [-0.15, -0.1) is 11.6 Å². The Hall–Kier alpha value is -1.54. The Kier molecular flexibility index (Phi) is 3.64. The van der Waals surface area contributed by atoms with Crippen molar-refractivity contribution < 1.29 is 9.13 Å². The van der Waals surface area contributed by atoms with Crippen LogP contribution in [0.5, 0.6) is 11.5 Å². The topological polar surface area (TPSA) is 9.23 Å². The number of aryl methyl sites for hydroxylation is 1. The smallest absolute Gasteiger partial charge is 0.131 e. The number of hydrogen-bond acceptors (Lipinski definition) is 1. The van der Waals surface area contributed by atoms with Crippen LogP contribution >= 0.6 is 11.6 Å². The molecule has 2 aromatic carbocycles. The Morgan fingerprint density at radius 1 is 1.18 bits per heavy atom. The molecule has 0 heterocycles. The summed E-state index contributed by atoms with van der Waals surface area (Å²) in [5.41, 5.74) is 2.02. The highest BCUT2D eigenvalue weighted by Crippen LogP contribution is 2.27. The lowest BCUT2D eigenvalue weighted by atomic mass is 10.1. The number of hydrogen-bond donors (Lipinski definition) is 0. The van der Waals surface area contributed by atoms with Crippen molar-refractivity contribution in [1.29, 1.82) is 0 Å². The Labute approximate surface area is 105 Å². The zero-order valence-corrected chi connectivity index (χ0v) is 10.2. The van der Waals surface area contributed by atoms with Crippen LogP contribution in [-0.2, 0) is 5.88 Å². The average Bonchev–Trinajstić information content (AvgIpc) is 2.31. The normalized spacial score (nSPS) is 10.3. The zero-order valence-electron chi connectivity index (χ0n) is 9.41. The second-order valence-electron chi connectivity index (χ2n) is 3.80. The summed E-state index contributed by atoms with van der Waals surface area (Å²) in [7, 11) is 0. The van der Waals surface area contributed by atoms with Gasteiger partial charge < -0.3 is 4.74 Å². The second kappa shape index (κ2) is 5.19. The van der Waals surface area contributed by atoms with Crippen molar-refractivity contribution in [1.82, 2.24) is 0 Å². The highest BCUT2D eigenvalue weighted by Gasteiger charge is 2.05. The molecule has 0 aliphatic rings. The third kappa shape index (κ3) is 2.98. The van der Waals surface area contributed by atoms with Crippen LogP contribution in [0.15, 0.2) is 42.5 Å². The van der Waals surface area contributed by atoms with Gasteiger partial charge in [-0.25, -0.2) is 4.39 Å². The summed E-state index contributed by atoms with van der Waals surface area (Å²) in [5.74, 6) is 1.19. The summed E-state index contributed by atoms with van der Waals surface area (Å²) in [6, 6.07) is 11.8. The van der Waals surface area contributed by atoms with E-state index in [9.17, 15) is 4.39 Å². The molecule has 0 aliphatic heterocycles. The number of rotatable bonds is 3. The average molecular weight is 251 g/mol. The van der Waals surface area contributed by atoms with Crippen molar-refractivity contribution in [2.45, 2.75) is 12.8 Å². The zero-order chi connectivity index (χ0) is 12.3. The van der Waals surface area contributed by atoms with Gasteiger partial charge in [0.1, 0.15) is 17.3 Å². The van der Waals surface area contributed by atoms with Gasteiger partial charge in [0.2, 0.25) is 0 Å². The molecule has 0 saturated heterocycles. The highest BCUT2D eigenvalue weighted by atomic mass is 35.5. The number of alkyl halides is 1. The summed E-state index contributed by atoms with van der Waals surface area (Å²) < 4.78 is 18.6. The highest BCUT2D eigenvalue weighted by molar-refractivity contribution is 6.17. The van der Waals surface area contributed by atoms with E-state index in [2.05, 4.69) is 0 Å². The Balaban J connectivity index is 2.29. The fraction of sp³-hybridized carbons (Fsp3) is 0.143. The van der Waals surface area contributed by atoms with E-state index in [1.54, 1.807) is 12.1 Å². The van der Waals surface area contributed by atoms with Crippen LogP contribution in [0.3, 0.4) is 0 Å². The summed E-state index contributed by atoms with van der Waals surface area (Å²) in [5, 5.41) is 0. The first-order valence-corrected chi connectivity index (χ1v) is 5.81. The van der Waals surface area contributed by atoms with E-state index in [4.69, 9.17) is 16.3 Å². The predicted octanol–water partition coefficient (Wildman–Crippen LogP) is 4.67. The van der Waals surface area contributed by atoms with Crippen LogP contribution in [0, 0.1) is 12.7 Å². The lowest BCUT2D eigenvalue weighted by molar-refractivity contribution is 0.472. The molecule has 0 N–H and O–H groups in total. The summed E-state index contributed by atoms with van der Waals surface area (Å²) >= 11 is 5.85. The van der Waals surface area contributed by atoms with Gasteiger partial charge in [0.25, 0.3) is 0 Å². The van der Waals surface area contributed by atoms with Crippen LogP contribution < -0.4 is 4.74 Å². The molecule has 2 rings (SSSR count). The van der Waals surface area contributed by atoms with Crippen LogP contribution in [0.4, 0.5) is 4.39 Å². The maximum atomic E-state index is 13.0. The Morgan fingerprint density at radius 3 is 2.71 bits per heavy atom. The lowest BCUT2D eigenvalue weighted by Gasteiger charge is -2.10. The molecule has 0 fully saturated rings. The molecule has 0 atom stereocenters. The number of ether oxygens (including phenoxy) is 1. The first kappa shape index (κ1) is 11.9. The lowest BCUT2D eigenvalue weighted by Crippen LogP contribution is -1.91. The molecule has 0 amide bonds. The minimum atomic E-state index is -0.318. The largest absolute Gasteiger partial charge is 0.457 e. The van der Waals surface area contributed by atoms with Gasteiger partial charge in [0.15, 0.2) is 0 Å². The number of benzene rings is 2. The van der Waals surface area contributed by atoms with Crippen molar-refractivity contribution in [2.24, 2.45) is 0 Å². The van der Waals surface area contributed by atoms with Gasteiger partial charge in [0, 0.05) is 11.6 Å². The number of halogens is 2. The minimum absolute atomic E-state index is 0.318. The minimum Gasteiger partial charge on any atom is -0.457 e. The SMILES string of the molecule is Cc1ccc(Oc2cccc(F)c2)c(CCl)c1. The van der Waals surface area contributed by atoms with Gasteiger partial charge in [-0.1, -0.05) is 23.8 Å². The summed E-state index contributed by atoms with van der Waals surface area (Å²) in [4.78, 5) is 0. The van der Waals surface area contributed by atoms with Crippen LogP contribution in [0.25, 0.3) is 0 Å². The third-order valence-electron chi connectivity index (χ3n) is 2.38. The van der Waals surface area contributed by atoms with Gasteiger partial charge >= 0.3 is 0 Å². The van der Waals surface area contributed by atoms with Crippen molar-refractivity contribution in [3.63, 3.8) is 0 Å². The molecule has 0 unspecified atom stereocenters. The van der Waals surface area contributed by atoms with Crippen molar-refractivity contribution in [3.8, 4) is 11.5 Å². The van der Waals surface area contributed by atoms with Crippen molar-refractivity contribution in [2.75, 3.05) is 0 Å². The third-order valence-corrected chi connectivity index (χ3v) is 2.67. The van der Waals surface area contributed by atoms with E-state index in [1.165, 1.54) is 12.1 Å². The molecule has 88 valence electrons. The molecular formula is C14H12ClFO. The van der Waals surface area contributed by atoms with Gasteiger partial charge in [-0.3, -0.25) is 0 Å². The van der Waals surface area contributed by atoms with Gasteiger partial charge in [0.05, 0.1) is 5.88 Å². The Morgan fingerprint density at radius 2 is 2.00 bits per heavy atom. The molecular weight excluding hydrogens is 239 g/mol. The standard InChI is InChI=1S/C14H12ClFO/c1-10-5-6-14(11(7-10)9-15)17-13-4-2-3-12(16)8-13/h2-8H,9H2,1H3. The second-order valence-corrected chi connectivity index (χ2v) is 4.07. The molecule has 1 nitrogen and oxygen atoms in total. The first-order valence-electron chi connectivity index (χ1n) is 5.28. The van der Waals surface area contributed by atoms with Gasteiger partial charge in [-0.05, 0) is 25.1 Å². The van der Waals surface area contributed by atoms with Crippen LogP contribution in [0.1, 0.15) is 11.1 Å². The monoisotopic (exact) mass is 250 g/mol. The van der Waals surface area contributed by atoms with Crippen LogP contribution in [0.2, 0.25) is 0 Å². The van der Waals surface area contributed by atoms with E-state index in [1.807, 2.05) is 25.1 Å². The maximum Gasteiger partial charge on any atom is 0.131 e. The van der Waals surface area contributed by atoms with Crippen molar-refractivity contribution >= 4 is 11.6 Å². The molecule has 0 spiro atoms. The van der Waals surface area contributed by atoms with E-state index in [0.29, 0.717) is 17.4 Å². The molecule has 2 aromatic rings.